The first kappa shape index (κ1) is 16.1. The third kappa shape index (κ3) is 3.32. The highest BCUT2D eigenvalue weighted by atomic mass is 16.5. The summed E-state index contributed by atoms with van der Waals surface area (Å²) in [5.41, 5.74) is 7.76. The summed E-state index contributed by atoms with van der Waals surface area (Å²) in [6, 6.07) is 11.5. The predicted molar refractivity (Wildman–Crippen MR) is 91.3 cm³/mol. The molecule has 1 atom stereocenters. The second-order valence-corrected chi connectivity index (χ2v) is 5.80. The van der Waals surface area contributed by atoms with Crippen LogP contribution in [0, 0.1) is 0 Å². The number of pyridine rings is 1. The monoisotopic (exact) mass is 300 g/mol. The van der Waals surface area contributed by atoms with Gasteiger partial charge in [-0.15, -0.1) is 0 Å². The number of hydrogen-bond acceptors (Lipinski definition) is 3. The molecule has 2 rings (SSSR count). The van der Waals surface area contributed by atoms with Crippen LogP contribution in [0.3, 0.4) is 0 Å². The molecule has 0 saturated heterocycles. The van der Waals surface area contributed by atoms with Crippen LogP contribution in [0.5, 0.6) is 5.75 Å². The molecule has 118 valence electrons. The molecule has 4 nitrogen and oxygen atoms in total. The maximum atomic E-state index is 12.4. The van der Waals surface area contributed by atoms with Crippen LogP contribution in [0.4, 0.5) is 5.69 Å². The van der Waals surface area contributed by atoms with E-state index in [-0.39, 0.29) is 23.4 Å². The summed E-state index contributed by atoms with van der Waals surface area (Å²) in [5.74, 6) is 0.799. The van der Waals surface area contributed by atoms with Crippen LogP contribution in [-0.4, -0.2) is 10.7 Å². The van der Waals surface area contributed by atoms with Crippen molar-refractivity contribution in [2.45, 2.75) is 46.3 Å². The Bertz CT molecular complexity index is 704. The van der Waals surface area contributed by atoms with Crippen molar-refractivity contribution in [2.24, 2.45) is 0 Å². The first-order chi connectivity index (χ1) is 10.4. The van der Waals surface area contributed by atoms with Gasteiger partial charge in [-0.1, -0.05) is 19.1 Å². The molecule has 1 aromatic heterocycles. The van der Waals surface area contributed by atoms with Gasteiger partial charge in [0.05, 0.1) is 17.5 Å². The topological polar surface area (TPSA) is 57.2 Å². The largest absolute Gasteiger partial charge is 0.491 e. The van der Waals surface area contributed by atoms with Crippen molar-refractivity contribution >= 4 is 5.69 Å². The van der Waals surface area contributed by atoms with E-state index in [1.54, 1.807) is 10.6 Å². The average molecular weight is 300 g/mol. The van der Waals surface area contributed by atoms with Crippen molar-refractivity contribution in [3.8, 4) is 17.0 Å². The van der Waals surface area contributed by atoms with Crippen molar-refractivity contribution in [2.75, 3.05) is 5.73 Å². The second-order valence-electron chi connectivity index (χ2n) is 5.80. The lowest BCUT2D eigenvalue weighted by atomic mass is 10.1. The summed E-state index contributed by atoms with van der Waals surface area (Å²) in [6.07, 6.45) is 0.969. The Hall–Kier alpha value is -2.23. The molecule has 0 radical (unpaired) electrons. The number of anilines is 1. The van der Waals surface area contributed by atoms with E-state index in [1.807, 2.05) is 51.1 Å². The Morgan fingerprint density at radius 3 is 2.55 bits per heavy atom. The number of nitrogens with two attached hydrogens (primary N) is 1. The van der Waals surface area contributed by atoms with Crippen molar-refractivity contribution < 1.29 is 4.74 Å². The number of aromatic nitrogens is 1. The Balaban J connectivity index is 2.57. The summed E-state index contributed by atoms with van der Waals surface area (Å²) < 4.78 is 7.51. The zero-order chi connectivity index (χ0) is 16.3. The Morgan fingerprint density at radius 1 is 1.18 bits per heavy atom. The number of benzene rings is 1. The molecule has 2 N–H and O–H groups in total. The van der Waals surface area contributed by atoms with Gasteiger partial charge in [-0.2, -0.15) is 0 Å². The van der Waals surface area contributed by atoms with Gasteiger partial charge >= 0.3 is 0 Å². The van der Waals surface area contributed by atoms with Crippen molar-refractivity contribution in [1.82, 2.24) is 4.57 Å². The lowest BCUT2D eigenvalue weighted by Crippen LogP contribution is -2.26. The molecular formula is C18H24N2O2. The van der Waals surface area contributed by atoms with Gasteiger partial charge in [-0.3, -0.25) is 4.79 Å². The molecule has 1 aromatic carbocycles. The summed E-state index contributed by atoms with van der Waals surface area (Å²) in [7, 11) is 0. The molecule has 0 aliphatic rings. The molecular weight excluding hydrogens is 276 g/mol. The highest BCUT2D eigenvalue weighted by molar-refractivity contribution is 5.63. The number of nitrogen functional groups attached to an aromatic ring is 1. The van der Waals surface area contributed by atoms with Crippen LogP contribution >= 0.6 is 0 Å². The maximum absolute atomic E-state index is 12.4. The fourth-order valence-corrected chi connectivity index (χ4v) is 2.43. The van der Waals surface area contributed by atoms with Crippen LogP contribution in [0.2, 0.25) is 0 Å². The van der Waals surface area contributed by atoms with E-state index in [0.29, 0.717) is 0 Å². The molecule has 22 heavy (non-hydrogen) atoms. The van der Waals surface area contributed by atoms with Gasteiger partial charge in [0.1, 0.15) is 5.75 Å². The summed E-state index contributed by atoms with van der Waals surface area (Å²) in [4.78, 5) is 12.4. The van der Waals surface area contributed by atoms with Crippen molar-refractivity contribution in [3.05, 3.63) is 46.8 Å². The van der Waals surface area contributed by atoms with Gasteiger partial charge in [0.15, 0.2) is 0 Å². The van der Waals surface area contributed by atoms with Crippen LogP contribution in [0.25, 0.3) is 11.3 Å². The normalized spacial score (nSPS) is 12.4. The summed E-state index contributed by atoms with van der Waals surface area (Å²) in [5, 5.41) is 0. The van der Waals surface area contributed by atoms with Crippen LogP contribution in [-0.2, 0) is 0 Å². The van der Waals surface area contributed by atoms with Crippen LogP contribution in [0.1, 0.15) is 40.2 Å². The fraction of sp³-hybridized carbons (Fsp3) is 0.389. The lowest BCUT2D eigenvalue weighted by molar-refractivity contribution is 0.242. The van der Waals surface area contributed by atoms with E-state index in [1.165, 1.54) is 0 Å². The van der Waals surface area contributed by atoms with Gasteiger partial charge in [0.25, 0.3) is 5.56 Å². The summed E-state index contributed by atoms with van der Waals surface area (Å²) >= 11 is 0. The third-order valence-corrected chi connectivity index (χ3v) is 3.68. The number of nitrogens with zero attached hydrogens (tertiary/aromatic N) is 1. The van der Waals surface area contributed by atoms with E-state index in [9.17, 15) is 4.79 Å². The van der Waals surface area contributed by atoms with Gasteiger partial charge in [0.2, 0.25) is 0 Å². The first-order valence-corrected chi connectivity index (χ1v) is 7.72. The highest BCUT2D eigenvalue weighted by Crippen LogP contribution is 2.26. The van der Waals surface area contributed by atoms with Gasteiger partial charge in [0, 0.05) is 11.6 Å². The van der Waals surface area contributed by atoms with Crippen molar-refractivity contribution in [1.29, 1.82) is 0 Å². The fourth-order valence-electron chi connectivity index (χ4n) is 2.43. The minimum absolute atomic E-state index is 0.0840. The highest BCUT2D eigenvalue weighted by Gasteiger charge is 2.14. The molecule has 2 aromatic rings. The van der Waals surface area contributed by atoms with Gasteiger partial charge < -0.3 is 15.0 Å². The zero-order valence-corrected chi connectivity index (χ0v) is 13.7. The predicted octanol–water partition coefficient (Wildman–Crippen LogP) is 3.86. The van der Waals surface area contributed by atoms with E-state index < -0.39 is 0 Å². The second kappa shape index (κ2) is 6.69. The molecule has 0 aliphatic heterocycles. The van der Waals surface area contributed by atoms with E-state index in [4.69, 9.17) is 10.5 Å². The van der Waals surface area contributed by atoms with Crippen molar-refractivity contribution in [3.63, 3.8) is 0 Å². The standard InChI is InChI=1S/C18H24N2O2/c1-5-13(4)20-17(10-9-16(19)18(20)21)14-7-6-8-15(11-14)22-12(2)3/h6-13H,5,19H2,1-4H3. The average Bonchev–Trinajstić information content (AvgIpc) is 2.48. The Morgan fingerprint density at radius 2 is 1.91 bits per heavy atom. The first-order valence-electron chi connectivity index (χ1n) is 7.72. The smallest absolute Gasteiger partial charge is 0.274 e. The van der Waals surface area contributed by atoms with E-state index in [0.717, 1.165) is 23.4 Å². The van der Waals surface area contributed by atoms with E-state index >= 15 is 0 Å². The quantitative estimate of drug-likeness (QED) is 0.912. The van der Waals surface area contributed by atoms with Crippen LogP contribution < -0.4 is 16.0 Å². The molecule has 1 heterocycles. The van der Waals surface area contributed by atoms with Gasteiger partial charge in [-0.25, -0.2) is 0 Å². The molecule has 0 saturated carbocycles. The maximum Gasteiger partial charge on any atom is 0.274 e. The SMILES string of the molecule is CCC(C)n1c(-c2cccc(OC(C)C)c2)ccc(N)c1=O. The minimum atomic E-state index is -0.137. The lowest BCUT2D eigenvalue weighted by Gasteiger charge is -2.20. The molecule has 4 heteroatoms. The number of hydrogen-bond donors (Lipinski definition) is 1. The Kier molecular flexibility index (Phi) is 4.91. The number of ether oxygens (including phenoxy) is 1. The minimum Gasteiger partial charge on any atom is -0.491 e. The molecule has 0 aliphatic carbocycles. The molecule has 0 bridgehead atoms. The van der Waals surface area contributed by atoms with Gasteiger partial charge in [-0.05, 0) is 51.5 Å². The third-order valence-electron chi connectivity index (χ3n) is 3.68. The summed E-state index contributed by atoms with van der Waals surface area (Å²) in [6.45, 7) is 8.07. The number of rotatable bonds is 5. The van der Waals surface area contributed by atoms with Crippen LogP contribution in [0.15, 0.2) is 41.2 Å². The molecule has 0 amide bonds. The molecule has 0 spiro atoms. The molecule has 1 unspecified atom stereocenters. The van der Waals surface area contributed by atoms with E-state index in [2.05, 4.69) is 6.92 Å². The Labute approximate surface area is 131 Å². The zero-order valence-electron chi connectivity index (χ0n) is 13.7. The molecule has 0 fully saturated rings.